The monoisotopic (exact) mass is 272 g/mol. The van der Waals surface area contributed by atoms with Gasteiger partial charge < -0.3 is 0 Å². The molecular formula is C12H14F6. The van der Waals surface area contributed by atoms with Crippen molar-refractivity contribution in [2.45, 2.75) is 44.0 Å². The topological polar surface area (TPSA) is 0 Å². The van der Waals surface area contributed by atoms with Crippen LogP contribution in [0.4, 0.5) is 26.3 Å². The van der Waals surface area contributed by atoms with Gasteiger partial charge in [-0.2, -0.15) is 17.6 Å². The van der Waals surface area contributed by atoms with E-state index < -0.39 is 24.7 Å². The zero-order valence-electron chi connectivity index (χ0n) is 9.56. The van der Waals surface area contributed by atoms with Gasteiger partial charge in [-0.05, 0) is 37.0 Å². The summed E-state index contributed by atoms with van der Waals surface area (Å²) in [5.41, 5.74) is 0. The van der Waals surface area contributed by atoms with Gasteiger partial charge in [-0.15, -0.1) is 0 Å². The zero-order chi connectivity index (χ0) is 13.6. The van der Waals surface area contributed by atoms with E-state index in [0.717, 1.165) is 6.42 Å². The summed E-state index contributed by atoms with van der Waals surface area (Å²) in [6.45, 7) is 0. The van der Waals surface area contributed by atoms with Gasteiger partial charge in [0.05, 0.1) is 0 Å². The van der Waals surface area contributed by atoms with Gasteiger partial charge in [0.1, 0.15) is 0 Å². The molecule has 0 heterocycles. The molecule has 1 fully saturated rings. The van der Waals surface area contributed by atoms with E-state index in [0.29, 0.717) is 12.3 Å². The third kappa shape index (κ3) is 2.26. The van der Waals surface area contributed by atoms with Crippen LogP contribution in [-0.2, 0) is 0 Å². The molecule has 3 atom stereocenters. The number of rotatable bonds is 5. The van der Waals surface area contributed by atoms with E-state index in [1.165, 1.54) is 0 Å². The second-order valence-electron chi connectivity index (χ2n) is 5.21. The van der Waals surface area contributed by atoms with E-state index in [-0.39, 0.29) is 18.3 Å². The Morgan fingerprint density at radius 1 is 1.06 bits per heavy atom. The quantitative estimate of drug-likeness (QED) is 0.510. The number of allylic oxidation sites excluding steroid dienone is 2. The fourth-order valence-corrected chi connectivity index (χ4v) is 2.92. The molecular weight excluding hydrogens is 258 g/mol. The van der Waals surface area contributed by atoms with Crippen LogP contribution >= 0.6 is 0 Å². The zero-order valence-corrected chi connectivity index (χ0v) is 9.56. The molecule has 2 rings (SSSR count). The van der Waals surface area contributed by atoms with Gasteiger partial charge in [-0.25, -0.2) is 8.78 Å². The minimum absolute atomic E-state index is 0.0700. The number of alkyl halides is 6. The maximum Gasteiger partial charge on any atom is 0.369 e. The summed E-state index contributed by atoms with van der Waals surface area (Å²) in [7, 11) is 0. The van der Waals surface area contributed by atoms with Crippen LogP contribution in [0.15, 0.2) is 12.2 Å². The van der Waals surface area contributed by atoms with E-state index in [9.17, 15) is 26.3 Å². The van der Waals surface area contributed by atoms with Crippen LogP contribution in [0.25, 0.3) is 0 Å². The molecule has 6 heteroatoms. The second-order valence-corrected chi connectivity index (χ2v) is 5.21. The van der Waals surface area contributed by atoms with Crippen LogP contribution in [0.3, 0.4) is 0 Å². The van der Waals surface area contributed by atoms with E-state index in [2.05, 4.69) is 0 Å². The lowest BCUT2D eigenvalue weighted by Crippen LogP contribution is -2.46. The third-order valence-corrected chi connectivity index (χ3v) is 4.01. The van der Waals surface area contributed by atoms with Crippen molar-refractivity contribution < 1.29 is 26.3 Å². The fraction of sp³-hybridized carbons (Fsp3) is 0.833. The van der Waals surface area contributed by atoms with Crippen LogP contribution in [0.2, 0.25) is 0 Å². The van der Waals surface area contributed by atoms with E-state index in [4.69, 9.17) is 0 Å². The number of hydrogen-bond donors (Lipinski definition) is 0. The number of hydrogen-bond acceptors (Lipinski definition) is 0. The van der Waals surface area contributed by atoms with Gasteiger partial charge in [0.2, 0.25) is 0 Å². The smallest absolute Gasteiger partial charge is 0.203 e. The standard InChI is InChI=1S/C12H14F6/c13-10(14)12(17,18)11(15,16)4-3-9-6-7-1-2-8(9)5-7/h1-2,7-10H,3-6H2. The highest BCUT2D eigenvalue weighted by Crippen LogP contribution is 2.48. The molecule has 0 aliphatic heterocycles. The molecule has 0 radical (unpaired) electrons. The Morgan fingerprint density at radius 2 is 1.72 bits per heavy atom. The molecule has 1 saturated carbocycles. The Kier molecular flexibility index (Phi) is 3.40. The van der Waals surface area contributed by atoms with Crippen molar-refractivity contribution >= 4 is 0 Å². The van der Waals surface area contributed by atoms with Crippen molar-refractivity contribution in [3.8, 4) is 0 Å². The number of halogens is 6. The Morgan fingerprint density at radius 3 is 2.17 bits per heavy atom. The van der Waals surface area contributed by atoms with Gasteiger partial charge in [-0.3, -0.25) is 0 Å². The van der Waals surface area contributed by atoms with E-state index in [1.807, 2.05) is 12.2 Å². The molecule has 0 aromatic heterocycles. The Labute approximate surface area is 101 Å². The van der Waals surface area contributed by atoms with Gasteiger partial charge in [0.15, 0.2) is 0 Å². The van der Waals surface area contributed by atoms with Crippen molar-refractivity contribution in [3.05, 3.63) is 12.2 Å². The Bertz CT molecular complexity index is 335. The van der Waals surface area contributed by atoms with Gasteiger partial charge >= 0.3 is 18.3 Å². The maximum absolute atomic E-state index is 13.1. The summed E-state index contributed by atoms with van der Waals surface area (Å²) in [6, 6.07) is 0. The highest BCUT2D eigenvalue weighted by molar-refractivity contribution is 5.10. The first-order chi connectivity index (χ1) is 8.24. The lowest BCUT2D eigenvalue weighted by atomic mass is 9.87. The summed E-state index contributed by atoms with van der Waals surface area (Å²) in [5, 5.41) is 0. The molecule has 2 aliphatic rings. The summed E-state index contributed by atoms with van der Waals surface area (Å²) in [4.78, 5) is 0. The lowest BCUT2D eigenvalue weighted by Gasteiger charge is -2.27. The number of fused-ring (bicyclic) bond motifs is 2. The molecule has 2 aliphatic carbocycles. The van der Waals surface area contributed by atoms with E-state index >= 15 is 0 Å². The van der Waals surface area contributed by atoms with Crippen molar-refractivity contribution in [1.29, 1.82) is 0 Å². The fourth-order valence-electron chi connectivity index (χ4n) is 2.92. The molecule has 0 aromatic carbocycles. The van der Waals surface area contributed by atoms with Crippen LogP contribution in [0, 0.1) is 17.8 Å². The molecule has 104 valence electrons. The average molecular weight is 272 g/mol. The predicted octanol–water partition coefficient (Wildman–Crippen LogP) is 4.51. The Balaban J connectivity index is 1.91. The first kappa shape index (κ1) is 13.7. The van der Waals surface area contributed by atoms with Crippen molar-refractivity contribution in [3.63, 3.8) is 0 Å². The molecule has 0 saturated heterocycles. The first-order valence-electron chi connectivity index (χ1n) is 5.96. The molecule has 0 nitrogen and oxygen atoms in total. The minimum atomic E-state index is -5.24. The molecule has 3 unspecified atom stereocenters. The highest BCUT2D eigenvalue weighted by atomic mass is 19.3. The van der Waals surface area contributed by atoms with Crippen LogP contribution < -0.4 is 0 Å². The van der Waals surface area contributed by atoms with Gasteiger partial charge in [-0.1, -0.05) is 12.2 Å². The van der Waals surface area contributed by atoms with Crippen LogP contribution in [-0.4, -0.2) is 18.3 Å². The minimum Gasteiger partial charge on any atom is -0.203 e. The first-order valence-corrected chi connectivity index (χ1v) is 5.96. The molecule has 0 amide bonds. The van der Waals surface area contributed by atoms with Crippen molar-refractivity contribution in [1.82, 2.24) is 0 Å². The van der Waals surface area contributed by atoms with Crippen LogP contribution in [0.5, 0.6) is 0 Å². The molecule has 2 bridgehead atoms. The lowest BCUT2D eigenvalue weighted by molar-refractivity contribution is -0.266. The highest BCUT2D eigenvalue weighted by Gasteiger charge is 2.62. The summed E-state index contributed by atoms with van der Waals surface area (Å²) in [6.07, 6.45) is -0.117. The summed E-state index contributed by atoms with van der Waals surface area (Å²) >= 11 is 0. The summed E-state index contributed by atoms with van der Waals surface area (Å²) < 4.78 is 75.4. The average Bonchev–Trinajstić information content (AvgIpc) is 2.87. The molecule has 18 heavy (non-hydrogen) atoms. The van der Waals surface area contributed by atoms with E-state index in [1.54, 1.807) is 0 Å². The SMILES string of the molecule is FC(F)C(F)(F)C(F)(F)CCC1CC2C=CC1C2. The third-order valence-electron chi connectivity index (χ3n) is 4.01. The predicted molar refractivity (Wildman–Crippen MR) is 54.0 cm³/mol. The van der Waals surface area contributed by atoms with Crippen molar-refractivity contribution in [2.75, 3.05) is 0 Å². The van der Waals surface area contributed by atoms with Crippen LogP contribution in [0.1, 0.15) is 25.7 Å². The van der Waals surface area contributed by atoms with Gasteiger partial charge in [0, 0.05) is 6.42 Å². The Hall–Kier alpha value is -0.680. The molecule has 0 N–H and O–H groups in total. The molecule has 0 spiro atoms. The van der Waals surface area contributed by atoms with Gasteiger partial charge in [0.25, 0.3) is 0 Å². The second kappa shape index (κ2) is 4.46. The normalized spacial score (nSPS) is 31.6. The maximum atomic E-state index is 13.1. The molecule has 0 aromatic rings. The summed E-state index contributed by atoms with van der Waals surface area (Å²) in [5.74, 6) is -9.43. The van der Waals surface area contributed by atoms with Crippen molar-refractivity contribution in [2.24, 2.45) is 17.8 Å². The largest absolute Gasteiger partial charge is 0.369 e.